The molecule has 1 aliphatic carbocycles. The Kier molecular flexibility index (Phi) is 6.61. The number of ketones is 1. The molecule has 0 saturated heterocycles. The molecule has 0 aliphatic heterocycles. The lowest BCUT2D eigenvalue weighted by molar-refractivity contribution is 0.0917. The van der Waals surface area contributed by atoms with Crippen LogP contribution >= 0.6 is 0 Å². The number of nitrogens with one attached hydrogen (secondary N) is 1. The van der Waals surface area contributed by atoms with Crippen LogP contribution in [0.4, 0.5) is 5.82 Å². The van der Waals surface area contributed by atoms with Crippen LogP contribution in [0.15, 0.2) is 27.8 Å². The Labute approximate surface area is 174 Å². The van der Waals surface area contributed by atoms with Crippen molar-refractivity contribution in [2.24, 2.45) is 0 Å². The van der Waals surface area contributed by atoms with Crippen LogP contribution in [0.1, 0.15) is 42.1 Å². The number of H-pyrrole nitrogens is 1. The molecule has 162 valence electrons. The SMILES string of the molecule is CCCn1c(N)c(C(=O)CN(Cc2cc(OC)ccc2OC)C2CC2)c(=O)[nH]c1=O. The van der Waals surface area contributed by atoms with Gasteiger partial charge in [-0.1, -0.05) is 6.92 Å². The normalized spacial score (nSPS) is 13.5. The summed E-state index contributed by atoms with van der Waals surface area (Å²) >= 11 is 0. The third-order valence-electron chi connectivity index (χ3n) is 5.24. The third-order valence-corrected chi connectivity index (χ3v) is 5.24. The minimum Gasteiger partial charge on any atom is -0.497 e. The summed E-state index contributed by atoms with van der Waals surface area (Å²) in [5, 5.41) is 0. The molecule has 3 N–H and O–H groups in total. The maximum atomic E-state index is 13.1. The van der Waals surface area contributed by atoms with E-state index in [1.54, 1.807) is 14.2 Å². The average molecular weight is 416 g/mol. The molecule has 0 amide bonds. The smallest absolute Gasteiger partial charge is 0.329 e. The lowest BCUT2D eigenvalue weighted by Crippen LogP contribution is -2.39. The average Bonchev–Trinajstić information content (AvgIpc) is 3.55. The van der Waals surface area contributed by atoms with Crippen LogP contribution in [0, 0.1) is 0 Å². The highest BCUT2D eigenvalue weighted by atomic mass is 16.5. The van der Waals surface area contributed by atoms with Crippen LogP contribution < -0.4 is 26.5 Å². The minimum atomic E-state index is -0.746. The third kappa shape index (κ3) is 4.56. The number of rotatable bonds is 10. The van der Waals surface area contributed by atoms with Crippen molar-refractivity contribution in [3.63, 3.8) is 0 Å². The number of nitrogen functional groups attached to an aromatic ring is 1. The van der Waals surface area contributed by atoms with E-state index in [0.717, 1.165) is 18.4 Å². The summed E-state index contributed by atoms with van der Waals surface area (Å²) in [7, 11) is 3.18. The zero-order chi connectivity index (χ0) is 21.8. The van der Waals surface area contributed by atoms with Crippen LogP contribution in [0.3, 0.4) is 0 Å². The number of aromatic nitrogens is 2. The first-order chi connectivity index (χ1) is 14.4. The van der Waals surface area contributed by atoms with E-state index < -0.39 is 17.0 Å². The van der Waals surface area contributed by atoms with E-state index in [1.165, 1.54) is 4.57 Å². The van der Waals surface area contributed by atoms with E-state index in [0.29, 0.717) is 31.0 Å². The number of methoxy groups -OCH3 is 2. The maximum Gasteiger partial charge on any atom is 0.329 e. The summed E-state index contributed by atoms with van der Waals surface area (Å²) in [6, 6.07) is 5.75. The van der Waals surface area contributed by atoms with E-state index in [-0.39, 0.29) is 24.0 Å². The summed E-state index contributed by atoms with van der Waals surface area (Å²) in [6.45, 7) is 2.69. The number of Topliss-reactive ketones (excluding diaryl/α,β-unsaturated/α-hetero) is 1. The summed E-state index contributed by atoms with van der Waals surface area (Å²) in [5.74, 6) is 0.903. The number of hydrogen-bond donors (Lipinski definition) is 2. The number of anilines is 1. The van der Waals surface area contributed by atoms with Crippen LogP contribution in [0.2, 0.25) is 0 Å². The molecule has 1 saturated carbocycles. The number of ether oxygens (including phenoxy) is 2. The number of hydrogen-bond acceptors (Lipinski definition) is 7. The van der Waals surface area contributed by atoms with E-state index in [1.807, 2.05) is 30.0 Å². The first kappa shape index (κ1) is 21.6. The van der Waals surface area contributed by atoms with Gasteiger partial charge in [0.25, 0.3) is 5.56 Å². The quantitative estimate of drug-likeness (QED) is 0.562. The van der Waals surface area contributed by atoms with Gasteiger partial charge in [-0.05, 0) is 37.5 Å². The molecule has 1 aliphatic rings. The Hall–Kier alpha value is -3.07. The minimum absolute atomic E-state index is 0.0165. The fourth-order valence-electron chi connectivity index (χ4n) is 3.54. The predicted octanol–water partition coefficient (Wildman–Crippen LogP) is 1.39. The number of nitrogens with two attached hydrogens (primary N) is 1. The second-order valence-electron chi connectivity index (χ2n) is 7.41. The van der Waals surface area contributed by atoms with Gasteiger partial charge < -0.3 is 15.2 Å². The topological polar surface area (TPSA) is 120 Å². The molecule has 0 bridgehead atoms. The largest absolute Gasteiger partial charge is 0.497 e. The molecule has 1 heterocycles. The maximum absolute atomic E-state index is 13.1. The highest BCUT2D eigenvalue weighted by molar-refractivity contribution is 6.01. The van der Waals surface area contributed by atoms with Crippen LogP contribution in [0.25, 0.3) is 0 Å². The molecular weight excluding hydrogens is 388 g/mol. The van der Waals surface area contributed by atoms with Gasteiger partial charge in [0.05, 0.1) is 20.8 Å². The van der Waals surface area contributed by atoms with Crippen molar-refractivity contribution in [1.29, 1.82) is 0 Å². The second kappa shape index (κ2) is 9.17. The van der Waals surface area contributed by atoms with Crippen molar-refractivity contribution in [3.05, 3.63) is 50.2 Å². The zero-order valence-corrected chi connectivity index (χ0v) is 17.6. The molecule has 2 aromatic rings. The van der Waals surface area contributed by atoms with Crippen molar-refractivity contribution in [2.45, 2.75) is 45.3 Å². The lowest BCUT2D eigenvalue weighted by atomic mass is 10.1. The first-order valence-electron chi connectivity index (χ1n) is 10.00. The number of carbonyl (C=O) groups excluding carboxylic acids is 1. The fraction of sp³-hybridized carbons (Fsp3) is 0.476. The fourth-order valence-corrected chi connectivity index (χ4v) is 3.54. The molecule has 1 aromatic heterocycles. The standard InChI is InChI=1S/C21H28N4O5/c1-4-9-25-19(22)18(20(27)23-21(25)28)16(26)12-24(14-5-6-14)11-13-10-15(29-2)7-8-17(13)30-3/h7-8,10,14H,4-6,9,11-12,22H2,1-3H3,(H,23,27,28). The van der Waals surface area contributed by atoms with Crippen molar-refractivity contribution < 1.29 is 14.3 Å². The van der Waals surface area contributed by atoms with Gasteiger partial charge in [0, 0.05) is 24.7 Å². The molecule has 1 fully saturated rings. The molecule has 0 radical (unpaired) electrons. The Bertz CT molecular complexity index is 1040. The van der Waals surface area contributed by atoms with Gasteiger partial charge in [-0.15, -0.1) is 0 Å². The monoisotopic (exact) mass is 416 g/mol. The van der Waals surface area contributed by atoms with Crippen molar-refractivity contribution in [1.82, 2.24) is 14.5 Å². The van der Waals surface area contributed by atoms with Gasteiger partial charge >= 0.3 is 5.69 Å². The summed E-state index contributed by atoms with van der Waals surface area (Å²) in [6.07, 6.45) is 2.59. The number of nitrogens with zero attached hydrogens (tertiary/aromatic N) is 2. The van der Waals surface area contributed by atoms with Gasteiger partial charge in [0.15, 0.2) is 5.78 Å². The Balaban J connectivity index is 1.89. The molecule has 9 heteroatoms. The lowest BCUT2D eigenvalue weighted by Gasteiger charge is -2.23. The summed E-state index contributed by atoms with van der Waals surface area (Å²) in [5.41, 5.74) is 5.42. The summed E-state index contributed by atoms with van der Waals surface area (Å²) < 4.78 is 12.0. The number of benzene rings is 1. The highest BCUT2D eigenvalue weighted by Gasteiger charge is 2.32. The number of carbonyl (C=O) groups is 1. The van der Waals surface area contributed by atoms with E-state index in [9.17, 15) is 14.4 Å². The molecule has 3 rings (SSSR count). The van der Waals surface area contributed by atoms with Crippen LogP contribution in [-0.4, -0.2) is 47.0 Å². The Morgan fingerprint density at radius 2 is 2.00 bits per heavy atom. The van der Waals surface area contributed by atoms with Gasteiger partial charge in [0.1, 0.15) is 22.9 Å². The number of aromatic amines is 1. The van der Waals surface area contributed by atoms with Crippen molar-refractivity contribution in [2.75, 3.05) is 26.5 Å². The molecule has 1 aromatic carbocycles. The molecule has 0 atom stereocenters. The van der Waals surface area contributed by atoms with E-state index in [4.69, 9.17) is 15.2 Å². The van der Waals surface area contributed by atoms with E-state index >= 15 is 0 Å². The Morgan fingerprint density at radius 3 is 2.60 bits per heavy atom. The van der Waals surface area contributed by atoms with Crippen LogP contribution in [-0.2, 0) is 13.1 Å². The second-order valence-corrected chi connectivity index (χ2v) is 7.41. The van der Waals surface area contributed by atoms with Crippen molar-refractivity contribution >= 4 is 11.6 Å². The predicted molar refractivity (Wildman–Crippen MR) is 113 cm³/mol. The summed E-state index contributed by atoms with van der Waals surface area (Å²) in [4.78, 5) is 41.6. The highest BCUT2D eigenvalue weighted by Crippen LogP contribution is 2.32. The van der Waals surface area contributed by atoms with Gasteiger partial charge in [-0.25, -0.2) is 4.79 Å². The van der Waals surface area contributed by atoms with Crippen LogP contribution in [0.5, 0.6) is 11.5 Å². The molecular formula is C21H28N4O5. The zero-order valence-electron chi connectivity index (χ0n) is 17.6. The van der Waals surface area contributed by atoms with Gasteiger partial charge in [-0.2, -0.15) is 0 Å². The molecule has 30 heavy (non-hydrogen) atoms. The molecule has 0 spiro atoms. The Morgan fingerprint density at radius 1 is 1.27 bits per heavy atom. The van der Waals surface area contributed by atoms with Gasteiger partial charge in [0.2, 0.25) is 0 Å². The van der Waals surface area contributed by atoms with E-state index in [2.05, 4.69) is 4.98 Å². The van der Waals surface area contributed by atoms with Crippen molar-refractivity contribution in [3.8, 4) is 11.5 Å². The first-order valence-corrected chi connectivity index (χ1v) is 10.00. The molecule has 9 nitrogen and oxygen atoms in total. The van der Waals surface area contributed by atoms with Gasteiger partial charge in [-0.3, -0.25) is 24.0 Å². The molecule has 0 unspecified atom stereocenters.